The topological polar surface area (TPSA) is 55.1 Å². The van der Waals surface area contributed by atoms with Crippen molar-refractivity contribution in [2.24, 2.45) is 0 Å². The molecule has 116 valence electrons. The molecule has 3 rings (SSSR count). The smallest absolute Gasteiger partial charge is 0.416 e. The van der Waals surface area contributed by atoms with Gasteiger partial charge in [-0.1, -0.05) is 12.1 Å². The molecule has 7 heteroatoms. The first-order valence-electron chi connectivity index (χ1n) is 6.84. The second-order valence-electron chi connectivity index (χ2n) is 5.29. The average molecular weight is 310 g/mol. The SMILES string of the molecule is O=C(O)C1CCCn2cc(-c3cccc(C(F)(F)F)c3)nc21. The van der Waals surface area contributed by atoms with Crippen LogP contribution in [0.3, 0.4) is 0 Å². The summed E-state index contributed by atoms with van der Waals surface area (Å²) in [5, 5.41) is 9.21. The van der Waals surface area contributed by atoms with Gasteiger partial charge in [-0.25, -0.2) is 4.98 Å². The van der Waals surface area contributed by atoms with Crippen molar-refractivity contribution >= 4 is 5.97 Å². The third-order valence-corrected chi connectivity index (χ3v) is 3.79. The number of hydrogen-bond donors (Lipinski definition) is 1. The molecular formula is C15H13F3N2O2. The van der Waals surface area contributed by atoms with Crippen LogP contribution in [0.2, 0.25) is 0 Å². The van der Waals surface area contributed by atoms with E-state index in [2.05, 4.69) is 4.98 Å². The highest BCUT2D eigenvalue weighted by Crippen LogP contribution is 2.34. The number of fused-ring (bicyclic) bond motifs is 1. The molecule has 0 saturated carbocycles. The number of imidazole rings is 1. The van der Waals surface area contributed by atoms with Crippen LogP contribution in [0.25, 0.3) is 11.3 Å². The van der Waals surface area contributed by atoms with Crippen LogP contribution in [-0.4, -0.2) is 20.6 Å². The van der Waals surface area contributed by atoms with Crippen LogP contribution in [0.4, 0.5) is 13.2 Å². The molecule has 0 radical (unpaired) electrons. The average Bonchev–Trinajstić information content (AvgIpc) is 2.90. The number of aryl methyl sites for hydroxylation is 1. The highest BCUT2D eigenvalue weighted by molar-refractivity contribution is 5.75. The van der Waals surface area contributed by atoms with Crippen LogP contribution in [-0.2, 0) is 17.5 Å². The number of halogens is 3. The minimum absolute atomic E-state index is 0.334. The molecule has 0 bridgehead atoms. The quantitative estimate of drug-likeness (QED) is 0.923. The van der Waals surface area contributed by atoms with E-state index in [-0.39, 0.29) is 0 Å². The number of carboxylic acid groups (broad SMARTS) is 1. The van der Waals surface area contributed by atoms with Gasteiger partial charge in [0.25, 0.3) is 0 Å². The number of carbonyl (C=O) groups is 1. The predicted octanol–water partition coefficient (Wildman–Crippen LogP) is 3.53. The van der Waals surface area contributed by atoms with E-state index in [1.165, 1.54) is 6.07 Å². The molecule has 0 amide bonds. The van der Waals surface area contributed by atoms with Crippen molar-refractivity contribution in [2.75, 3.05) is 0 Å². The number of aromatic nitrogens is 2. The summed E-state index contributed by atoms with van der Waals surface area (Å²) in [6.45, 7) is 0.630. The zero-order chi connectivity index (χ0) is 15.9. The van der Waals surface area contributed by atoms with Gasteiger partial charge in [0.15, 0.2) is 0 Å². The third kappa shape index (κ3) is 2.58. The standard InChI is InChI=1S/C15H13F3N2O2/c16-15(17,18)10-4-1-3-9(7-10)12-8-20-6-2-5-11(14(21)22)13(20)19-12/h1,3-4,7-8,11H,2,5-6H2,(H,21,22). The molecule has 1 unspecified atom stereocenters. The molecule has 2 heterocycles. The van der Waals surface area contributed by atoms with Crippen LogP contribution < -0.4 is 0 Å². The van der Waals surface area contributed by atoms with E-state index < -0.39 is 23.6 Å². The van der Waals surface area contributed by atoms with Gasteiger partial charge < -0.3 is 9.67 Å². The maximum atomic E-state index is 12.8. The van der Waals surface area contributed by atoms with Crippen molar-refractivity contribution in [3.63, 3.8) is 0 Å². The Labute approximate surface area is 124 Å². The normalized spacial score (nSPS) is 18.0. The highest BCUT2D eigenvalue weighted by atomic mass is 19.4. The summed E-state index contributed by atoms with van der Waals surface area (Å²) in [4.78, 5) is 15.5. The molecule has 0 aliphatic carbocycles. The van der Waals surface area contributed by atoms with Gasteiger partial charge in [0.1, 0.15) is 11.7 Å². The Morgan fingerprint density at radius 1 is 1.36 bits per heavy atom. The Bertz CT molecular complexity index is 722. The van der Waals surface area contributed by atoms with Gasteiger partial charge in [-0.2, -0.15) is 13.2 Å². The van der Waals surface area contributed by atoms with Crippen molar-refractivity contribution in [2.45, 2.75) is 31.5 Å². The number of nitrogens with zero attached hydrogens (tertiary/aromatic N) is 2. The molecule has 1 N–H and O–H groups in total. The molecule has 0 saturated heterocycles. The van der Waals surface area contributed by atoms with Gasteiger partial charge in [0.05, 0.1) is 11.3 Å². The monoisotopic (exact) mass is 310 g/mol. The molecule has 1 aliphatic heterocycles. The van der Waals surface area contributed by atoms with Crippen molar-refractivity contribution < 1.29 is 23.1 Å². The molecule has 4 nitrogen and oxygen atoms in total. The lowest BCUT2D eigenvalue weighted by atomic mass is 9.99. The number of rotatable bonds is 2. The maximum absolute atomic E-state index is 12.8. The van der Waals surface area contributed by atoms with Crippen LogP contribution in [0.5, 0.6) is 0 Å². The number of aliphatic carboxylic acids is 1. The molecule has 1 aromatic heterocycles. The number of carboxylic acids is 1. The van der Waals surface area contributed by atoms with Crippen molar-refractivity contribution in [3.05, 3.63) is 41.9 Å². The fourth-order valence-corrected chi connectivity index (χ4v) is 2.71. The summed E-state index contributed by atoms with van der Waals surface area (Å²) in [5.74, 6) is -1.25. The fraction of sp³-hybridized carbons (Fsp3) is 0.333. The minimum Gasteiger partial charge on any atom is -0.481 e. The Morgan fingerprint density at radius 3 is 2.82 bits per heavy atom. The summed E-state index contributed by atoms with van der Waals surface area (Å²) in [7, 11) is 0. The Balaban J connectivity index is 2.02. The van der Waals surface area contributed by atoms with Crippen LogP contribution >= 0.6 is 0 Å². The maximum Gasteiger partial charge on any atom is 0.416 e. The van der Waals surface area contributed by atoms with Crippen molar-refractivity contribution in [3.8, 4) is 11.3 Å². The van der Waals surface area contributed by atoms with Crippen LogP contribution in [0.1, 0.15) is 30.1 Å². The van der Waals surface area contributed by atoms with Crippen LogP contribution in [0.15, 0.2) is 30.5 Å². The zero-order valence-electron chi connectivity index (χ0n) is 11.5. The van der Waals surface area contributed by atoms with Gasteiger partial charge in [0.2, 0.25) is 0 Å². The Kier molecular flexibility index (Phi) is 3.42. The van der Waals surface area contributed by atoms with E-state index in [1.54, 1.807) is 16.8 Å². The van der Waals surface area contributed by atoms with Crippen molar-refractivity contribution in [1.82, 2.24) is 9.55 Å². The molecular weight excluding hydrogens is 297 g/mol. The fourth-order valence-electron chi connectivity index (χ4n) is 2.71. The predicted molar refractivity (Wildman–Crippen MR) is 72.3 cm³/mol. The van der Waals surface area contributed by atoms with E-state index in [0.717, 1.165) is 12.1 Å². The van der Waals surface area contributed by atoms with Crippen LogP contribution in [0, 0.1) is 0 Å². The Morgan fingerprint density at radius 2 is 2.14 bits per heavy atom. The lowest BCUT2D eigenvalue weighted by Gasteiger charge is -2.19. The molecule has 0 fully saturated rings. The molecule has 0 spiro atoms. The third-order valence-electron chi connectivity index (χ3n) is 3.79. The molecule has 1 aromatic carbocycles. The van der Waals surface area contributed by atoms with Gasteiger partial charge in [-0.15, -0.1) is 0 Å². The van der Waals surface area contributed by atoms with E-state index in [1.807, 2.05) is 0 Å². The van der Waals surface area contributed by atoms with E-state index in [4.69, 9.17) is 0 Å². The van der Waals surface area contributed by atoms with Gasteiger partial charge in [-0.05, 0) is 25.0 Å². The zero-order valence-corrected chi connectivity index (χ0v) is 11.5. The highest BCUT2D eigenvalue weighted by Gasteiger charge is 2.32. The second kappa shape index (κ2) is 5.15. The first-order valence-corrected chi connectivity index (χ1v) is 6.84. The first kappa shape index (κ1) is 14.6. The summed E-state index contributed by atoms with van der Waals surface area (Å²) in [6, 6.07) is 4.90. The summed E-state index contributed by atoms with van der Waals surface area (Å²) in [5.41, 5.74) is -0.0409. The van der Waals surface area contributed by atoms with E-state index in [0.29, 0.717) is 36.5 Å². The summed E-state index contributed by atoms with van der Waals surface area (Å²) >= 11 is 0. The first-order chi connectivity index (χ1) is 10.4. The number of hydrogen-bond acceptors (Lipinski definition) is 2. The lowest BCUT2D eigenvalue weighted by molar-refractivity contribution is -0.139. The van der Waals surface area contributed by atoms with E-state index in [9.17, 15) is 23.1 Å². The summed E-state index contributed by atoms with van der Waals surface area (Å²) < 4.78 is 40.0. The van der Waals surface area contributed by atoms with Gasteiger partial charge in [0, 0.05) is 18.3 Å². The summed E-state index contributed by atoms with van der Waals surface area (Å²) in [6.07, 6.45) is -1.59. The second-order valence-corrected chi connectivity index (χ2v) is 5.29. The molecule has 22 heavy (non-hydrogen) atoms. The molecule has 2 aromatic rings. The molecule has 1 aliphatic rings. The largest absolute Gasteiger partial charge is 0.481 e. The Hall–Kier alpha value is -2.31. The minimum atomic E-state index is -4.42. The number of alkyl halides is 3. The lowest BCUT2D eigenvalue weighted by Crippen LogP contribution is -2.21. The van der Waals surface area contributed by atoms with Crippen molar-refractivity contribution in [1.29, 1.82) is 0 Å². The van der Waals surface area contributed by atoms with Gasteiger partial charge in [-0.3, -0.25) is 4.79 Å². The molecule has 1 atom stereocenters. The van der Waals surface area contributed by atoms with Gasteiger partial charge >= 0.3 is 12.1 Å². The van der Waals surface area contributed by atoms with E-state index >= 15 is 0 Å². The number of benzene rings is 1.